The van der Waals surface area contributed by atoms with E-state index in [1.54, 1.807) is 10.9 Å². The molecule has 2 aromatic heterocycles. The van der Waals surface area contributed by atoms with Gasteiger partial charge in [0.2, 0.25) is 0 Å². The Bertz CT molecular complexity index is 845. The Hall–Kier alpha value is -2.18. The highest BCUT2D eigenvalue weighted by molar-refractivity contribution is 5.95. The van der Waals surface area contributed by atoms with Crippen molar-refractivity contribution < 1.29 is 4.79 Å². The molecule has 0 bridgehead atoms. The molecule has 28 heavy (non-hydrogen) atoms. The van der Waals surface area contributed by atoms with E-state index in [0.717, 1.165) is 36.7 Å². The molecule has 2 aromatic rings. The van der Waals surface area contributed by atoms with E-state index in [9.17, 15) is 4.79 Å². The first-order valence-electron chi connectivity index (χ1n) is 10.6. The van der Waals surface area contributed by atoms with Gasteiger partial charge in [0.05, 0.1) is 11.8 Å². The molecule has 3 heterocycles. The molecule has 7 heteroatoms. The number of aryl methyl sites for hydroxylation is 1. The molecule has 1 unspecified atom stereocenters. The third-order valence-electron chi connectivity index (χ3n) is 6.77. The molecule has 1 spiro atoms. The third kappa shape index (κ3) is 3.25. The van der Waals surface area contributed by atoms with Gasteiger partial charge in [-0.25, -0.2) is 0 Å². The molecule has 1 atom stereocenters. The summed E-state index contributed by atoms with van der Waals surface area (Å²) in [4.78, 5) is 15.4. The molecule has 0 radical (unpaired) electrons. The number of rotatable bonds is 4. The summed E-state index contributed by atoms with van der Waals surface area (Å²) in [5.41, 5.74) is 1.78. The lowest BCUT2D eigenvalue weighted by Gasteiger charge is -2.37. The zero-order valence-electron chi connectivity index (χ0n) is 17.6. The lowest BCUT2D eigenvalue weighted by Crippen LogP contribution is -2.34. The largest absolute Gasteiger partial charge is 0.337 e. The highest BCUT2D eigenvalue weighted by atomic mass is 16.2. The maximum atomic E-state index is 13.3. The maximum absolute atomic E-state index is 13.3. The zero-order valence-corrected chi connectivity index (χ0v) is 17.6. The second kappa shape index (κ2) is 7.33. The quantitative estimate of drug-likeness (QED) is 0.812. The van der Waals surface area contributed by atoms with Crippen LogP contribution in [0.3, 0.4) is 0 Å². The zero-order chi connectivity index (χ0) is 19.9. The van der Waals surface area contributed by atoms with Crippen LogP contribution in [0.4, 0.5) is 0 Å². The average molecular weight is 385 g/mol. The van der Waals surface area contributed by atoms with E-state index in [0.29, 0.717) is 5.92 Å². The van der Waals surface area contributed by atoms with E-state index in [1.165, 1.54) is 32.1 Å². The minimum absolute atomic E-state index is 0.105. The van der Waals surface area contributed by atoms with Crippen LogP contribution in [0.25, 0.3) is 0 Å². The van der Waals surface area contributed by atoms with Crippen LogP contribution in [-0.4, -0.2) is 48.4 Å². The Morgan fingerprint density at radius 3 is 2.68 bits per heavy atom. The lowest BCUT2D eigenvalue weighted by atomic mass is 9.67. The first-order valence-corrected chi connectivity index (χ1v) is 10.6. The van der Waals surface area contributed by atoms with Gasteiger partial charge >= 0.3 is 0 Å². The summed E-state index contributed by atoms with van der Waals surface area (Å²) in [6, 6.07) is 0. The van der Waals surface area contributed by atoms with Crippen LogP contribution in [0.5, 0.6) is 0 Å². The number of hydrogen-bond acceptors (Lipinski definition) is 4. The van der Waals surface area contributed by atoms with Crippen LogP contribution < -0.4 is 0 Å². The van der Waals surface area contributed by atoms with Crippen molar-refractivity contribution in [3.05, 3.63) is 29.6 Å². The normalized spacial score (nSPS) is 21.8. The maximum Gasteiger partial charge on any atom is 0.257 e. The van der Waals surface area contributed by atoms with Gasteiger partial charge in [-0.15, -0.1) is 10.2 Å². The van der Waals surface area contributed by atoms with Crippen LogP contribution in [0.1, 0.15) is 73.7 Å². The SMILES string of the molecule is Cc1c(C(=O)N2CC(c3nncn3CC(C)C)C3(CCCCC3)C2)cnn1C. The molecule has 7 nitrogen and oxygen atoms in total. The van der Waals surface area contributed by atoms with Gasteiger partial charge in [-0.3, -0.25) is 9.48 Å². The molecule has 1 aliphatic heterocycles. The molecule has 1 saturated heterocycles. The summed E-state index contributed by atoms with van der Waals surface area (Å²) in [6.07, 6.45) is 9.68. The average Bonchev–Trinajstić information content (AvgIpc) is 3.34. The minimum atomic E-state index is 0.105. The van der Waals surface area contributed by atoms with E-state index >= 15 is 0 Å². The molecule has 0 N–H and O–H groups in total. The van der Waals surface area contributed by atoms with E-state index in [1.807, 2.05) is 25.2 Å². The fourth-order valence-electron chi connectivity index (χ4n) is 5.19. The van der Waals surface area contributed by atoms with Crippen molar-refractivity contribution in [3.63, 3.8) is 0 Å². The number of carbonyl (C=O) groups excluding carboxylic acids is 1. The van der Waals surface area contributed by atoms with Gasteiger partial charge in [0.1, 0.15) is 12.2 Å². The van der Waals surface area contributed by atoms with Gasteiger partial charge in [0, 0.05) is 38.3 Å². The highest BCUT2D eigenvalue weighted by Gasteiger charge is 2.50. The molecule has 2 aliphatic rings. The molecule has 1 amide bonds. The summed E-state index contributed by atoms with van der Waals surface area (Å²) < 4.78 is 3.99. The molecule has 1 saturated carbocycles. The molecular weight excluding hydrogens is 352 g/mol. The van der Waals surface area contributed by atoms with Crippen molar-refractivity contribution >= 4 is 5.91 Å². The Morgan fingerprint density at radius 2 is 2.04 bits per heavy atom. The Kier molecular flexibility index (Phi) is 5.02. The van der Waals surface area contributed by atoms with Crippen molar-refractivity contribution in [3.8, 4) is 0 Å². The van der Waals surface area contributed by atoms with Gasteiger partial charge < -0.3 is 9.47 Å². The number of amides is 1. The topological polar surface area (TPSA) is 68.8 Å². The monoisotopic (exact) mass is 384 g/mol. The summed E-state index contributed by atoms with van der Waals surface area (Å²) in [6.45, 7) is 8.86. The van der Waals surface area contributed by atoms with Crippen molar-refractivity contribution in [1.29, 1.82) is 0 Å². The van der Waals surface area contributed by atoms with E-state index in [2.05, 4.69) is 33.7 Å². The number of hydrogen-bond donors (Lipinski definition) is 0. The third-order valence-corrected chi connectivity index (χ3v) is 6.77. The number of likely N-dealkylation sites (tertiary alicyclic amines) is 1. The predicted octanol–water partition coefficient (Wildman–Crippen LogP) is 3.17. The summed E-state index contributed by atoms with van der Waals surface area (Å²) >= 11 is 0. The summed E-state index contributed by atoms with van der Waals surface area (Å²) in [5, 5.41) is 13.1. The number of carbonyl (C=O) groups is 1. The van der Waals surface area contributed by atoms with Crippen molar-refractivity contribution in [2.75, 3.05) is 13.1 Å². The van der Waals surface area contributed by atoms with Gasteiger partial charge in [0.25, 0.3) is 5.91 Å². The molecule has 1 aliphatic carbocycles. The van der Waals surface area contributed by atoms with Gasteiger partial charge in [0.15, 0.2) is 0 Å². The van der Waals surface area contributed by atoms with Crippen LogP contribution in [0.15, 0.2) is 12.5 Å². The van der Waals surface area contributed by atoms with Crippen molar-refractivity contribution in [2.45, 2.75) is 65.3 Å². The molecule has 4 rings (SSSR count). The van der Waals surface area contributed by atoms with Crippen LogP contribution in [0, 0.1) is 18.3 Å². The van der Waals surface area contributed by atoms with Crippen LogP contribution >= 0.6 is 0 Å². The molecule has 152 valence electrons. The molecule has 2 fully saturated rings. The van der Waals surface area contributed by atoms with E-state index in [4.69, 9.17) is 0 Å². The van der Waals surface area contributed by atoms with Gasteiger partial charge in [-0.05, 0) is 31.1 Å². The van der Waals surface area contributed by atoms with Crippen LogP contribution in [0.2, 0.25) is 0 Å². The summed E-state index contributed by atoms with van der Waals surface area (Å²) in [5.74, 6) is 1.96. The van der Waals surface area contributed by atoms with E-state index in [-0.39, 0.29) is 17.2 Å². The molecular formula is C21H32N6O. The summed E-state index contributed by atoms with van der Waals surface area (Å²) in [7, 11) is 1.88. The second-order valence-corrected chi connectivity index (χ2v) is 9.16. The number of aromatic nitrogens is 5. The fourth-order valence-corrected chi connectivity index (χ4v) is 5.19. The predicted molar refractivity (Wildman–Crippen MR) is 107 cm³/mol. The van der Waals surface area contributed by atoms with Gasteiger partial charge in [-0.2, -0.15) is 5.10 Å². The Morgan fingerprint density at radius 1 is 1.29 bits per heavy atom. The first-order chi connectivity index (χ1) is 13.4. The van der Waals surface area contributed by atoms with Crippen molar-refractivity contribution in [1.82, 2.24) is 29.4 Å². The minimum Gasteiger partial charge on any atom is -0.337 e. The number of nitrogens with zero attached hydrogens (tertiary/aromatic N) is 6. The van der Waals surface area contributed by atoms with Gasteiger partial charge in [-0.1, -0.05) is 33.1 Å². The Balaban J connectivity index is 1.66. The molecule has 0 aromatic carbocycles. The first kappa shape index (κ1) is 19.2. The lowest BCUT2D eigenvalue weighted by molar-refractivity contribution is 0.0757. The van der Waals surface area contributed by atoms with Crippen LogP contribution in [-0.2, 0) is 13.6 Å². The standard InChI is InChI=1S/C21H32N6O/c1-15(2)11-27-14-22-24-19(27)18-12-26(13-21(18)8-6-5-7-9-21)20(28)17-10-23-25(4)16(17)3/h10,14-15,18H,5-9,11-13H2,1-4H3. The Labute approximate surface area is 167 Å². The van der Waals surface area contributed by atoms with Crippen molar-refractivity contribution in [2.24, 2.45) is 18.4 Å². The van der Waals surface area contributed by atoms with E-state index < -0.39 is 0 Å². The highest BCUT2D eigenvalue weighted by Crippen LogP contribution is 2.51. The second-order valence-electron chi connectivity index (χ2n) is 9.16. The fraction of sp³-hybridized carbons (Fsp3) is 0.714. The smallest absolute Gasteiger partial charge is 0.257 e.